The zero-order valence-corrected chi connectivity index (χ0v) is 20.8. The SMILES string of the molecule is O=C(COC(=O)c1ccc(N2C(=O)[C@@H]3[C@@H]4C[C@@H]([C@H]3C2=O)[C@H](c2ccccc2)C4)cc1)c1cccc([N+](=O)[O-])c1. The van der Waals surface area contributed by atoms with Gasteiger partial charge >= 0.3 is 5.97 Å². The summed E-state index contributed by atoms with van der Waals surface area (Å²) in [6.45, 7) is -0.584. The molecule has 1 saturated heterocycles. The van der Waals surface area contributed by atoms with E-state index in [0.717, 1.165) is 18.9 Å². The van der Waals surface area contributed by atoms with Gasteiger partial charge in [-0.3, -0.25) is 29.4 Å². The Kier molecular flexibility index (Phi) is 6.06. The predicted octanol–water partition coefficient (Wildman–Crippen LogP) is 4.56. The number of carbonyl (C=O) groups is 4. The molecule has 2 saturated carbocycles. The lowest BCUT2D eigenvalue weighted by Gasteiger charge is -2.28. The van der Waals surface area contributed by atoms with Crippen molar-refractivity contribution in [3.05, 3.63) is 106 Å². The highest BCUT2D eigenvalue weighted by Crippen LogP contribution is 2.61. The molecule has 0 N–H and O–H groups in total. The van der Waals surface area contributed by atoms with Crippen LogP contribution in [0.5, 0.6) is 0 Å². The number of hydrogen-bond acceptors (Lipinski definition) is 7. The Morgan fingerprint density at radius 1 is 0.872 bits per heavy atom. The molecule has 3 aromatic carbocycles. The number of nitro groups is 1. The Hall–Kier alpha value is -4.66. The van der Waals surface area contributed by atoms with Crippen LogP contribution in [0, 0.1) is 33.8 Å². The molecular formula is C30H24N2O7. The van der Waals surface area contributed by atoms with Gasteiger partial charge in [-0.25, -0.2) is 4.79 Å². The maximum atomic E-state index is 13.5. The number of benzene rings is 3. The fourth-order valence-corrected chi connectivity index (χ4v) is 6.63. The molecule has 6 rings (SSSR count). The first-order valence-corrected chi connectivity index (χ1v) is 12.8. The van der Waals surface area contributed by atoms with E-state index < -0.39 is 23.3 Å². The van der Waals surface area contributed by atoms with Crippen LogP contribution in [0.1, 0.15) is 45.0 Å². The van der Waals surface area contributed by atoms with Gasteiger partial charge in [-0.15, -0.1) is 0 Å². The highest BCUT2D eigenvalue weighted by Gasteiger charge is 2.64. The molecule has 0 spiro atoms. The molecule has 1 aliphatic heterocycles. The normalized spacial score (nSPS) is 25.0. The number of fused-ring (bicyclic) bond motifs is 5. The molecule has 2 bridgehead atoms. The predicted molar refractivity (Wildman–Crippen MR) is 139 cm³/mol. The van der Waals surface area contributed by atoms with Crippen LogP contribution < -0.4 is 4.90 Å². The number of non-ortho nitro benzene ring substituents is 1. The van der Waals surface area contributed by atoms with Crippen molar-refractivity contribution in [2.75, 3.05) is 11.5 Å². The third-order valence-electron chi connectivity index (χ3n) is 8.32. The van der Waals surface area contributed by atoms with Gasteiger partial charge in [0.2, 0.25) is 17.6 Å². The molecule has 9 nitrogen and oxygen atoms in total. The number of hydrogen-bond donors (Lipinski definition) is 0. The summed E-state index contributed by atoms with van der Waals surface area (Å²) < 4.78 is 5.10. The first-order valence-electron chi connectivity index (χ1n) is 12.8. The quantitative estimate of drug-likeness (QED) is 0.146. The van der Waals surface area contributed by atoms with Crippen molar-refractivity contribution < 1.29 is 28.8 Å². The highest BCUT2D eigenvalue weighted by atomic mass is 16.6. The number of esters is 1. The maximum Gasteiger partial charge on any atom is 0.338 e. The number of carbonyl (C=O) groups excluding carboxylic acids is 4. The lowest BCUT2D eigenvalue weighted by atomic mass is 9.73. The van der Waals surface area contributed by atoms with E-state index in [1.807, 2.05) is 18.2 Å². The molecule has 9 heteroatoms. The maximum absolute atomic E-state index is 13.5. The van der Waals surface area contributed by atoms with Gasteiger partial charge in [0.25, 0.3) is 5.69 Å². The molecule has 0 aromatic heterocycles. The number of rotatable bonds is 7. The summed E-state index contributed by atoms with van der Waals surface area (Å²) in [4.78, 5) is 63.3. The number of anilines is 1. The second-order valence-electron chi connectivity index (χ2n) is 10.3. The molecular weight excluding hydrogens is 500 g/mol. The van der Waals surface area contributed by atoms with Crippen LogP contribution in [-0.4, -0.2) is 35.1 Å². The fraction of sp³-hybridized carbons (Fsp3) is 0.267. The zero-order chi connectivity index (χ0) is 27.3. The van der Waals surface area contributed by atoms with Crippen molar-refractivity contribution in [3.8, 4) is 0 Å². The number of nitrogens with zero attached hydrogens (tertiary/aromatic N) is 2. The number of ether oxygens (including phenoxy) is 1. The van der Waals surface area contributed by atoms with Crippen molar-refractivity contribution in [1.29, 1.82) is 0 Å². The number of amides is 2. The minimum absolute atomic E-state index is 0.0624. The van der Waals surface area contributed by atoms with Crippen molar-refractivity contribution in [2.24, 2.45) is 23.7 Å². The standard InChI is InChI=1S/C30H24N2O7/c33-25(19-7-4-8-22(13-19)32(37)38)16-39-30(36)18-9-11-21(12-10-18)31-28(34)26-20-14-23(17-5-2-1-3-6-17)24(15-20)27(26)29(31)35/h1-13,20,23-24,26-27H,14-16H2/t20-,23-,24+,26+,27+/m0/s1. The van der Waals surface area contributed by atoms with Crippen molar-refractivity contribution in [2.45, 2.75) is 18.8 Å². The monoisotopic (exact) mass is 524 g/mol. The van der Waals surface area contributed by atoms with E-state index in [9.17, 15) is 29.3 Å². The van der Waals surface area contributed by atoms with Crippen LogP contribution in [0.2, 0.25) is 0 Å². The Morgan fingerprint density at radius 2 is 1.59 bits per heavy atom. The van der Waals surface area contributed by atoms with Crippen LogP contribution in [0.25, 0.3) is 0 Å². The molecule has 3 aromatic rings. The lowest BCUT2D eigenvalue weighted by molar-refractivity contribution is -0.384. The molecule has 2 amide bonds. The minimum atomic E-state index is -0.764. The summed E-state index contributed by atoms with van der Waals surface area (Å²) in [6, 6.07) is 21.3. The topological polar surface area (TPSA) is 124 Å². The second-order valence-corrected chi connectivity index (χ2v) is 10.3. The summed E-state index contributed by atoms with van der Waals surface area (Å²) >= 11 is 0. The van der Waals surface area contributed by atoms with Gasteiger partial charge in [-0.05, 0) is 60.4 Å². The van der Waals surface area contributed by atoms with E-state index in [0.29, 0.717) is 5.69 Å². The van der Waals surface area contributed by atoms with Crippen LogP contribution in [-0.2, 0) is 14.3 Å². The van der Waals surface area contributed by atoms with Crippen LogP contribution in [0.4, 0.5) is 11.4 Å². The van der Waals surface area contributed by atoms with Crippen molar-refractivity contribution in [1.82, 2.24) is 0 Å². The molecule has 3 aliphatic rings. The molecule has 3 fully saturated rings. The van der Waals surface area contributed by atoms with Crippen molar-refractivity contribution in [3.63, 3.8) is 0 Å². The van der Waals surface area contributed by atoms with E-state index >= 15 is 0 Å². The molecule has 5 atom stereocenters. The summed E-state index contributed by atoms with van der Waals surface area (Å²) in [7, 11) is 0. The van der Waals surface area contributed by atoms with Gasteiger partial charge in [-0.1, -0.05) is 42.5 Å². The van der Waals surface area contributed by atoms with E-state index in [2.05, 4.69) is 12.1 Å². The molecule has 196 valence electrons. The van der Waals surface area contributed by atoms with E-state index in [1.54, 1.807) is 0 Å². The number of imide groups is 1. The first kappa shape index (κ1) is 24.7. The Morgan fingerprint density at radius 3 is 2.31 bits per heavy atom. The second kappa shape index (κ2) is 9.58. The average Bonchev–Trinajstić information content (AvgIpc) is 3.63. The summed E-state index contributed by atoms with van der Waals surface area (Å²) in [5, 5.41) is 10.9. The van der Waals surface area contributed by atoms with E-state index in [1.165, 1.54) is 52.9 Å². The number of ketones is 1. The van der Waals surface area contributed by atoms with Gasteiger partial charge in [0.05, 0.1) is 28.0 Å². The van der Waals surface area contributed by atoms with Gasteiger partial charge in [0.15, 0.2) is 6.61 Å². The molecule has 1 heterocycles. The third-order valence-corrected chi connectivity index (χ3v) is 8.32. The van der Waals surface area contributed by atoms with E-state index in [4.69, 9.17) is 4.74 Å². The van der Waals surface area contributed by atoms with Crippen LogP contribution in [0.15, 0.2) is 78.9 Å². The summed E-state index contributed by atoms with van der Waals surface area (Å²) in [6.07, 6.45) is 1.79. The van der Waals surface area contributed by atoms with E-state index in [-0.39, 0.29) is 58.2 Å². The summed E-state index contributed by atoms with van der Waals surface area (Å²) in [5.41, 5.74) is 1.59. The van der Waals surface area contributed by atoms with Crippen molar-refractivity contribution >= 4 is 34.9 Å². The largest absolute Gasteiger partial charge is 0.454 e. The average molecular weight is 525 g/mol. The van der Waals surface area contributed by atoms with Crippen LogP contribution in [0.3, 0.4) is 0 Å². The third kappa shape index (κ3) is 4.20. The van der Waals surface area contributed by atoms with Crippen LogP contribution >= 0.6 is 0 Å². The van der Waals surface area contributed by atoms with Gasteiger partial charge in [0.1, 0.15) is 0 Å². The highest BCUT2D eigenvalue weighted by molar-refractivity contribution is 6.22. The Bertz CT molecular complexity index is 1500. The summed E-state index contributed by atoms with van der Waals surface area (Å²) in [5.74, 6) is -1.73. The number of nitro benzene ring substituents is 1. The Balaban J connectivity index is 1.12. The van der Waals surface area contributed by atoms with Gasteiger partial charge in [0, 0.05) is 17.7 Å². The molecule has 2 aliphatic carbocycles. The zero-order valence-electron chi connectivity index (χ0n) is 20.8. The Labute approximate surface area is 223 Å². The molecule has 0 unspecified atom stereocenters. The smallest absolute Gasteiger partial charge is 0.338 e. The minimum Gasteiger partial charge on any atom is -0.454 e. The fourth-order valence-electron chi connectivity index (χ4n) is 6.63. The molecule has 39 heavy (non-hydrogen) atoms. The van der Waals surface area contributed by atoms with Gasteiger partial charge < -0.3 is 4.74 Å². The number of Topliss-reactive ketones (excluding diaryl/α,β-unsaturated/α-hetero) is 1. The lowest BCUT2D eigenvalue weighted by Crippen LogP contribution is -2.33. The molecule has 0 radical (unpaired) electrons. The first-order chi connectivity index (χ1) is 18.8. The van der Waals surface area contributed by atoms with Gasteiger partial charge in [-0.2, -0.15) is 0 Å².